The standard InChI is InChI=1S/C27H46N2O9Si2/c1-16(2)39(17(3)4)35-14-20-23(37-40(38-39,18(5)6)19(7)8)22(31)24(36-20)28-13-12-21(30)29(26(28)33)15-34-25(32)27(9,10)11/h12-13,16-19,22,24,31H,14-15H2,1-11H3/t22?,24-/m1/s1. The van der Waals surface area contributed by atoms with Crippen LogP contribution < -0.4 is 11.2 Å². The predicted molar refractivity (Wildman–Crippen MR) is 154 cm³/mol. The third kappa shape index (κ3) is 5.76. The van der Waals surface area contributed by atoms with E-state index in [0.29, 0.717) is 5.76 Å². The third-order valence-electron chi connectivity index (χ3n) is 7.62. The number of aliphatic hydroxyl groups is 1. The maximum absolute atomic E-state index is 13.4. The molecule has 1 aromatic heterocycles. The van der Waals surface area contributed by atoms with Gasteiger partial charge in [-0.2, -0.15) is 0 Å². The number of hydrogen-bond donors (Lipinski definition) is 1. The first-order valence-electron chi connectivity index (χ1n) is 14.0. The molecule has 0 saturated heterocycles. The second-order valence-electron chi connectivity index (χ2n) is 12.9. The summed E-state index contributed by atoms with van der Waals surface area (Å²) in [4.78, 5) is 38.2. The minimum absolute atomic E-state index is 0.0145. The van der Waals surface area contributed by atoms with E-state index in [9.17, 15) is 19.5 Å². The Morgan fingerprint density at radius 1 is 1.02 bits per heavy atom. The maximum atomic E-state index is 13.4. The van der Waals surface area contributed by atoms with Gasteiger partial charge in [0.1, 0.15) is 0 Å². The first-order chi connectivity index (χ1) is 18.4. The van der Waals surface area contributed by atoms with Gasteiger partial charge in [-0.15, -0.1) is 0 Å². The Bertz CT molecular complexity index is 1230. The average molecular weight is 599 g/mol. The highest BCUT2D eigenvalue weighted by atomic mass is 28.5. The van der Waals surface area contributed by atoms with E-state index in [1.165, 1.54) is 6.20 Å². The fourth-order valence-electron chi connectivity index (χ4n) is 5.20. The fourth-order valence-corrected chi connectivity index (χ4v) is 16.1. The predicted octanol–water partition coefficient (Wildman–Crippen LogP) is 4.25. The molecule has 0 saturated carbocycles. The average Bonchev–Trinajstić information content (AvgIpc) is 3.11. The zero-order valence-corrected chi connectivity index (χ0v) is 27.6. The van der Waals surface area contributed by atoms with Crippen molar-refractivity contribution in [3.05, 3.63) is 44.6 Å². The van der Waals surface area contributed by atoms with E-state index in [2.05, 4.69) is 55.4 Å². The lowest BCUT2D eigenvalue weighted by Crippen LogP contribution is -2.62. The monoisotopic (exact) mass is 598 g/mol. The van der Waals surface area contributed by atoms with Gasteiger partial charge >= 0.3 is 28.8 Å². The quantitative estimate of drug-likeness (QED) is 0.362. The second-order valence-corrected chi connectivity index (χ2v) is 21.7. The zero-order chi connectivity index (χ0) is 30.4. The summed E-state index contributed by atoms with van der Waals surface area (Å²) in [5, 5.41) is 11.5. The number of carbonyl (C=O) groups is 1. The highest BCUT2D eigenvalue weighted by molar-refractivity contribution is 6.84. The first-order valence-corrected chi connectivity index (χ1v) is 17.9. The lowest BCUT2D eigenvalue weighted by atomic mass is 9.98. The molecule has 3 heterocycles. The molecule has 3 rings (SSSR count). The normalized spacial score (nSPS) is 22.7. The third-order valence-corrected chi connectivity index (χ3v) is 17.7. The van der Waals surface area contributed by atoms with E-state index in [1.54, 1.807) is 20.8 Å². The molecule has 40 heavy (non-hydrogen) atoms. The summed E-state index contributed by atoms with van der Waals surface area (Å²) in [6, 6.07) is 1.16. The first kappa shape index (κ1) is 32.3. The molecule has 0 radical (unpaired) electrons. The Hall–Kier alpha value is -2.20. The van der Waals surface area contributed by atoms with Crippen molar-refractivity contribution in [3.63, 3.8) is 0 Å². The summed E-state index contributed by atoms with van der Waals surface area (Å²) in [5.41, 5.74) is -1.99. The van der Waals surface area contributed by atoms with Gasteiger partial charge in [0.05, 0.1) is 12.0 Å². The van der Waals surface area contributed by atoms with Crippen LogP contribution in [0.1, 0.15) is 82.4 Å². The van der Waals surface area contributed by atoms with Gasteiger partial charge in [-0.05, 0) is 31.9 Å². The molecule has 1 unspecified atom stereocenters. The number of hydrogen-bond acceptors (Lipinski definition) is 9. The van der Waals surface area contributed by atoms with Crippen molar-refractivity contribution >= 4 is 23.1 Å². The molecule has 2 aliphatic rings. The fraction of sp³-hybridized carbons (Fsp3) is 0.741. The van der Waals surface area contributed by atoms with Crippen LogP contribution in [0.15, 0.2) is 33.4 Å². The molecular formula is C27H46N2O9Si2. The van der Waals surface area contributed by atoms with E-state index < -0.39 is 58.8 Å². The van der Waals surface area contributed by atoms with Crippen LogP contribution in [-0.4, -0.2) is 50.0 Å². The smallest absolute Gasteiger partial charge is 0.395 e. The Kier molecular flexibility index (Phi) is 9.36. The Morgan fingerprint density at radius 3 is 2.08 bits per heavy atom. The Morgan fingerprint density at radius 2 is 1.57 bits per heavy atom. The van der Waals surface area contributed by atoms with Crippen molar-refractivity contribution in [1.29, 1.82) is 0 Å². The van der Waals surface area contributed by atoms with Crippen molar-refractivity contribution in [3.8, 4) is 0 Å². The highest BCUT2D eigenvalue weighted by Crippen LogP contribution is 2.48. The van der Waals surface area contributed by atoms with E-state index in [1.807, 2.05) is 0 Å². The van der Waals surface area contributed by atoms with Crippen LogP contribution in [0.2, 0.25) is 22.2 Å². The van der Waals surface area contributed by atoms with Gasteiger partial charge in [-0.25, -0.2) is 9.36 Å². The van der Waals surface area contributed by atoms with Crippen LogP contribution in [0.25, 0.3) is 0 Å². The maximum Gasteiger partial charge on any atom is 0.395 e. The van der Waals surface area contributed by atoms with Crippen LogP contribution in [0, 0.1) is 5.41 Å². The Balaban J connectivity index is 2.05. The summed E-state index contributed by atoms with van der Waals surface area (Å²) in [6.45, 7) is 21.1. The van der Waals surface area contributed by atoms with Gasteiger partial charge in [0.25, 0.3) is 5.56 Å². The molecule has 2 aliphatic heterocycles. The number of rotatable bonds is 7. The van der Waals surface area contributed by atoms with Crippen LogP contribution in [0.5, 0.6) is 0 Å². The molecule has 226 valence electrons. The van der Waals surface area contributed by atoms with Crippen LogP contribution in [0.4, 0.5) is 0 Å². The Labute approximate surface area is 238 Å². The number of ether oxygens (including phenoxy) is 2. The minimum atomic E-state index is -3.08. The largest absolute Gasteiger partial charge is 0.519 e. The van der Waals surface area contributed by atoms with Gasteiger partial charge in [0, 0.05) is 23.3 Å². The summed E-state index contributed by atoms with van der Waals surface area (Å²) < 4.78 is 33.8. The van der Waals surface area contributed by atoms with Gasteiger partial charge in [0.15, 0.2) is 24.4 Å². The molecule has 0 fully saturated rings. The molecule has 0 bridgehead atoms. The molecule has 0 aliphatic carbocycles. The van der Waals surface area contributed by atoms with Gasteiger partial charge in [0.2, 0.25) is 6.23 Å². The molecule has 1 aromatic rings. The molecule has 0 aromatic carbocycles. The lowest BCUT2D eigenvalue weighted by molar-refractivity contribution is -0.157. The second kappa shape index (κ2) is 11.6. The van der Waals surface area contributed by atoms with Gasteiger partial charge < -0.3 is 27.5 Å². The molecular weight excluding hydrogens is 552 g/mol. The molecule has 2 atom stereocenters. The molecule has 11 nitrogen and oxygen atoms in total. The van der Waals surface area contributed by atoms with Gasteiger partial charge in [-0.1, -0.05) is 55.4 Å². The molecule has 13 heteroatoms. The van der Waals surface area contributed by atoms with Crippen molar-refractivity contribution in [2.75, 3.05) is 6.61 Å². The number of aromatic nitrogens is 2. The van der Waals surface area contributed by atoms with Crippen molar-refractivity contribution < 1.29 is 32.3 Å². The SMILES string of the molecule is CC(C)[Si]1(C(C)C)OCC2=C(O[Si](C(C)C)(C(C)C)O1)C(O)[C@H](n1ccc(=O)n(COC(=O)C(C)(C)C)c1=O)O2. The van der Waals surface area contributed by atoms with E-state index in [0.717, 1.165) is 15.2 Å². The summed E-state index contributed by atoms with van der Waals surface area (Å²) in [6.07, 6.45) is -1.32. The van der Waals surface area contributed by atoms with E-state index in [-0.39, 0.29) is 34.5 Å². The van der Waals surface area contributed by atoms with Crippen molar-refractivity contribution in [2.45, 2.75) is 117 Å². The molecule has 0 amide bonds. The topological polar surface area (TPSA) is 127 Å². The minimum Gasteiger partial charge on any atom is -0.519 e. The van der Waals surface area contributed by atoms with Crippen LogP contribution in [-0.2, 0) is 34.0 Å². The number of aliphatic hydroxyl groups excluding tert-OH is 1. The van der Waals surface area contributed by atoms with Crippen molar-refractivity contribution in [1.82, 2.24) is 9.13 Å². The molecule has 0 spiro atoms. The number of nitrogens with zero attached hydrogens (tertiary/aromatic N) is 2. The van der Waals surface area contributed by atoms with Crippen LogP contribution >= 0.6 is 0 Å². The van der Waals surface area contributed by atoms with Crippen molar-refractivity contribution in [2.24, 2.45) is 5.41 Å². The number of esters is 1. The van der Waals surface area contributed by atoms with Crippen LogP contribution in [0.3, 0.4) is 0 Å². The summed E-state index contributed by atoms with van der Waals surface area (Å²) in [5.74, 6) is -0.0629. The zero-order valence-electron chi connectivity index (χ0n) is 25.6. The summed E-state index contributed by atoms with van der Waals surface area (Å²) >= 11 is 0. The molecule has 1 N–H and O–H groups in total. The highest BCUT2D eigenvalue weighted by Gasteiger charge is 2.60. The van der Waals surface area contributed by atoms with E-state index in [4.69, 9.17) is 22.4 Å². The lowest BCUT2D eigenvalue weighted by Gasteiger charge is -2.49. The summed E-state index contributed by atoms with van der Waals surface area (Å²) in [7, 11) is -5.93. The number of carbonyl (C=O) groups excluding carboxylic acids is 1. The van der Waals surface area contributed by atoms with E-state index >= 15 is 0 Å². The van der Waals surface area contributed by atoms with Gasteiger partial charge in [-0.3, -0.25) is 14.2 Å².